The second kappa shape index (κ2) is 3.37. The molecule has 0 aromatic carbocycles. The Bertz CT molecular complexity index is 323. The number of allylic oxidation sites excluding steroid dienone is 2. The first-order valence-electron chi connectivity index (χ1n) is 7.24. The van der Waals surface area contributed by atoms with Gasteiger partial charge in [-0.15, -0.1) is 0 Å². The minimum absolute atomic E-state index is 0.593. The van der Waals surface area contributed by atoms with E-state index in [1.165, 1.54) is 44.9 Å². The first-order chi connectivity index (χ1) is 7.56. The van der Waals surface area contributed by atoms with Crippen molar-refractivity contribution in [2.45, 2.75) is 65.7 Å². The summed E-state index contributed by atoms with van der Waals surface area (Å²) >= 11 is 0. The standard InChI is InChI=1S/C16H26/c1-15(2)13-9-10-16(15,3)14(11-13)12-7-5-4-6-8-12/h7,13-14H,4-6,8-11H2,1-3H3/t13-,14+,16-/m0/s1. The number of hydrogen-bond acceptors (Lipinski definition) is 0. The van der Waals surface area contributed by atoms with Crippen LogP contribution in [0.15, 0.2) is 11.6 Å². The fourth-order valence-electron chi connectivity index (χ4n) is 4.94. The van der Waals surface area contributed by atoms with E-state index in [0.717, 1.165) is 11.8 Å². The van der Waals surface area contributed by atoms with Crippen LogP contribution in [0.5, 0.6) is 0 Å². The van der Waals surface area contributed by atoms with E-state index in [-0.39, 0.29) is 0 Å². The molecule has 0 heterocycles. The van der Waals surface area contributed by atoms with E-state index in [0.29, 0.717) is 10.8 Å². The predicted octanol–water partition coefficient (Wildman–Crippen LogP) is 4.95. The molecule has 0 N–H and O–H groups in total. The number of rotatable bonds is 1. The molecule has 0 radical (unpaired) electrons. The summed E-state index contributed by atoms with van der Waals surface area (Å²) in [6.45, 7) is 7.65. The van der Waals surface area contributed by atoms with Gasteiger partial charge < -0.3 is 0 Å². The van der Waals surface area contributed by atoms with Crippen molar-refractivity contribution in [3.8, 4) is 0 Å². The van der Waals surface area contributed by atoms with Crippen molar-refractivity contribution in [1.82, 2.24) is 0 Å². The quantitative estimate of drug-likeness (QED) is 0.546. The van der Waals surface area contributed by atoms with Crippen molar-refractivity contribution in [3.05, 3.63) is 11.6 Å². The van der Waals surface area contributed by atoms with Crippen LogP contribution in [0.2, 0.25) is 0 Å². The highest BCUT2D eigenvalue weighted by atomic mass is 14.7. The summed E-state index contributed by atoms with van der Waals surface area (Å²) in [5, 5.41) is 0. The summed E-state index contributed by atoms with van der Waals surface area (Å²) in [5.41, 5.74) is 3.04. The highest BCUT2D eigenvalue weighted by Crippen LogP contribution is 2.69. The summed E-state index contributed by atoms with van der Waals surface area (Å²) in [6.07, 6.45) is 12.7. The molecule has 0 aliphatic heterocycles. The fraction of sp³-hybridized carbons (Fsp3) is 0.875. The van der Waals surface area contributed by atoms with E-state index in [1.807, 2.05) is 5.57 Å². The Morgan fingerprint density at radius 1 is 1.19 bits per heavy atom. The second-order valence-corrected chi connectivity index (χ2v) is 7.19. The third-order valence-corrected chi connectivity index (χ3v) is 6.57. The highest BCUT2D eigenvalue weighted by molar-refractivity contribution is 5.22. The monoisotopic (exact) mass is 218 g/mol. The molecule has 0 heteroatoms. The molecule has 2 bridgehead atoms. The Labute approximate surface area is 101 Å². The largest absolute Gasteiger partial charge is 0.0850 e. The van der Waals surface area contributed by atoms with Crippen LogP contribution in [0.25, 0.3) is 0 Å². The molecule has 3 aliphatic rings. The van der Waals surface area contributed by atoms with E-state index >= 15 is 0 Å². The Kier molecular flexibility index (Phi) is 2.29. The molecule has 3 aliphatic carbocycles. The SMILES string of the molecule is CC1(C)[C@H]2CC[C@@]1(C)[C@@H](C1=CCCCC1)C2. The lowest BCUT2D eigenvalue weighted by atomic mass is 9.64. The van der Waals surface area contributed by atoms with Crippen molar-refractivity contribution in [3.63, 3.8) is 0 Å². The summed E-state index contributed by atoms with van der Waals surface area (Å²) in [7, 11) is 0. The van der Waals surface area contributed by atoms with Gasteiger partial charge in [-0.2, -0.15) is 0 Å². The molecule has 0 unspecified atom stereocenters. The van der Waals surface area contributed by atoms with Crippen LogP contribution in [0.1, 0.15) is 65.7 Å². The Hall–Kier alpha value is -0.260. The molecule has 90 valence electrons. The van der Waals surface area contributed by atoms with Gasteiger partial charge >= 0.3 is 0 Å². The molecule has 0 nitrogen and oxygen atoms in total. The van der Waals surface area contributed by atoms with Crippen LogP contribution < -0.4 is 0 Å². The smallest absolute Gasteiger partial charge is 0.0141 e. The van der Waals surface area contributed by atoms with E-state index < -0.39 is 0 Å². The van der Waals surface area contributed by atoms with E-state index in [9.17, 15) is 0 Å². The van der Waals surface area contributed by atoms with Gasteiger partial charge in [0.05, 0.1) is 0 Å². The Morgan fingerprint density at radius 2 is 2.00 bits per heavy atom. The van der Waals surface area contributed by atoms with Gasteiger partial charge in [-0.05, 0) is 67.6 Å². The normalized spacial score (nSPS) is 45.8. The molecule has 0 spiro atoms. The average molecular weight is 218 g/mol. The number of fused-ring (bicyclic) bond motifs is 2. The van der Waals surface area contributed by atoms with Gasteiger partial charge in [-0.1, -0.05) is 32.4 Å². The lowest BCUT2D eigenvalue weighted by Crippen LogP contribution is -2.33. The van der Waals surface area contributed by atoms with Crippen LogP contribution in [-0.2, 0) is 0 Å². The maximum Gasteiger partial charge on any atom is -0.0141 e. The molecule has 2 fully saturated rings. The van der Waals surface area contributed by atoms with Gasteiger partial charge in [0.2, 0.25) is 0 Å². The van der Waals surface area contributed by atoms with Gasteiger partial charge in [0.1, 0.15) is 0 Å². The second-order valence-electron chi connectivity index (χ2n) is 7.19. The predicted molar refractivity (Wildman–Crippen MR) is 69.3 cm³/mol. The van der Waals surface area contributed by atoms with Crippen LogP contribution in [0.3, 0.4) is 0 Å². The minimum atomic E-state index is 0.593. The van der Waals surface area contributed by atoms with Gasteiger partial charge in [-0.25, -0.2) is 0 Å². The van der Waals surface area contributed by atoms with Crippen molar-refractivity contribution in [2.24, 2.45) is 22.7 Å². The molecule has 0 amide bonds. The lowest BCUT2D eigenvalue weighted by Gasteiger charge is -2.41. The molecular formula is C16H26. The van der Waals surface area contributed by atoms with Gasteiger partial charge in [0, 0.05) is 0 Å². The average Bonchev–Trinajstić information content (AvgIpc) is 2.62. The highest BCUT2D eigenvalue weighted by Gasteiger charge is 2.61. The zero-order chi connectivity index (χ0) is 11.4. The van der Waals surface area contributed by atoms with Gasteiger partial charge in [0.25, 0.3) is 0 Å². The Balaban J connectivity index is 1.92. The fourth-order valence-corrected chi connectivity index (χ4v) is 4.94. The first-order valence-corrected chi connectivity index (χ1v) is 7.24. The molecule has 2 saturated carbocycles. The van der Waals surface area contributed by atoms with Crippen LogP contribution in [0, 0.1) is 22.7 Å². The van der Waals surface area contributed by atoms with Gasteiger partial charge in [-0.3, -0.25) is 0 Å². The maximum atomic E-state index is 2.59. The van der Waals surface area contributed by atoms with Crippen molar-refractivity contribution in [2.75, 3.05) is 0 Å². The van der Waals surface area contributed by atoms with E-state index in [2.05, 4.69) is 26.8 Å². The molecular weight excluding hydrogens is 192 g/mol. The van der Waals surface area contributed by atoms with Crippen molar-refractivity contribution in [1.29, 1.82) is 0 Å². The van der Waals surface area contributed by atoms with E-state index in [4.69, 9.17) is 0 Å². The topological polar surface area (TPSA) is 0 Å². The molecule has 0 aromatic heterocycles. The third-order valence-electron chi connectivity index (χ3n) is 6.57. The van der Waals surface area contributed by atoms with Gasteiger partial charge in [0.15, 0.2) is 0 Å². The molecule has 3 rings (SSSR count). The molecule has 0 aromatic rings. The zero-order valence-electron chi connectivity index (χ0n) is 11.2. The van der Waals surface area contributed by atoms with Crippen LogP contribution in [-0.4, -0.2) is 0 Å². The Morgan fingerprint density at radius 3 is 2.50 bits per heavy atom. The minimum Gasteiger partial charge on any atom is -0.0850 e. The lowest BCUT2D eigenvalue weighted by molar-refractivity contribution is 0.116. The van der Waals surface area contributed by atoms with Crippen LogP contribution in [0.4, 0.5) is 0 Å². The first kappa shape index (κ1) is 10.9. The summed E-state index contributed by atoms with van der Waals surface area (Å²) < 4.78 is 0. The van der Waals surface area contributed by atoms with Crippen molar-refractivity contribution >= 4 is 0 Å². The zero-order valence-corrected chi connectivity index (χ0v) is 11.2. The summed E-state index contributed by atoms with van der Waals surface area (Å²) in [4.78, 5) is 0. The molecule has 3 atom stereocenters. The van der Waals surface area contributed by atoms with Crippen molar-refractivity contribution < 1.29 is 0 Å². The molecule has 16 heavy (non-hydrogen) atoms. The number of hydrogen-bond donors (Lipinski definition) is 0. The molecule has 0 saturated heterocycles. The maximum absolute atomic E-state index is 2.59. The summed E-state index contributed by atoms with van der Waals surface area (Å²) in [6, 6.07) is 0. The van der Waals surface area contributed by atoms with Crippen LogP contribution >= 0.6 is 0 Å². The van der Waals surface area contributed by atoms with E-state index in [1.54, 1.807) is 0 Å². The third kappa shape index (κ3) is 1.22. The summed E-state index contributed by atoms with van der Waals surface area (Å²) in [5.74, 6) is 1.94.